The third-order valence-electron chi connectivity index (χ3n) is 3.31. The zero-order chi connectivity index (χ0) is 15.2. The van der Waals surface area contributed by atoms with Crippen LogP contribution in [0, 0.1) is 5.82 Å². The molecule has 0 bridgehead atoms. The molecule has 3 nitrogen and oxygen atoms in total. The van der Waals surface area contributed by atoms with Gasteiger partial charge in [0.05, 0.1) is 12.1 Å². The maximum absolute atomic E-state index is 13.9. The fourth-order valence-electron chi connectivity index (χ4n) is 2.24. The van der Waals surface area contributed by atoms with E-state index in [0.717, 1.165) is 17.7 Å². The van der Waals surface area contributed by atoms with Crippen molar-refractivity contribution >= 4 is 11.6 Å². The maximum Gasteiger partial charge on any atom is 0.165 e. The second-order valence-corrected chi connectivity index (χ2v) is 5.08. The van der Waals surface area contributed by atoms with Crippen molar-refractivity contribution in [3.63, 3.8) is 0 Å². The van der Waals surface area contributed by atoms with Gasteiger partial charge in [-0.1, -0.05) is 24.6 Å². The number of hydrogen-bond donors (Lipinski definition) is 1. The summed E-state index contributed by atoms with van der Waals surface area (Å²) in [5, 5.41) is 3.97. The lowest BCUT2D eigenvalue weighted by atomic mass is 9.99. The number of hydrogen-bond acceptors (Lipinski definition) is 3. The molecule has 1 aromatic heterocycles. The van der Waals surface area contributed by atoms with Crippen molar-refractivity contribution in [1.82, 2.24) is 10.3 Å². The lowest BCUT2D eigenvalue weighted by Gasteiger charge is -2.19. The second-order valence-electron chi connectivity index (χ2n) is 4.68. The van der Waals surface area contributed by atoms with E-state index in [9.17, 15) is 4.39 Å². The van der Waals surface area contributed by atoms with E-state index < -0.39 is 0 Å². The first-order valence-electron chi connectivity index (χ1n) is 6.81. The van der Waals surface area contributed by atoms with Crippen LogP contribution in [0.5, 0.6) is 5.75 Å². The molecule has 2 rings (SSSR count). The lowest BCUT2D eigenvalue weighted by Crippen LogP contribution is -2.23. The van der Waals surface area contributed by atoms with Gasteiger partial charge in [-0.25, -0.2) is 4.39 Å². The average Bonchev–Trinajstić information content (AvgIpc) is 2.49. The zero-order valence-electron chi connectivity index (χ0n) is 12.1. The molecule has 0 spiro atoms. The highest BCUT2D eigenvalue weighted by molar-refractivity contribution is 6.31. The van der Waals surface area contributed by atoms with Crippen LogP contribution in [-0.4, -0.2) is 18.6 Å². The highest BCUT2D eigenvalue weighted by Gasteiger charge is 2.15. The van der Waals surface area contributed by atoms with E-state index in [-0.39, 0.29) is 17.6 Å². The summed E-state index contributed by atoms with van der Waals surface area (Å²) in [4.78, 5) is 3.98. The van der Waals surface area contributed by atoms with E-state index >= 15 is 0 Å². The van der Waals surface area contributed by atoms with Crippen molar-refractivity contribution in [3.8, 4) is 5.75 Å². The summed E-state index contributed by atoms with van der Waals surface area (Å²) in [6, 6.07) is 6.87. The third kappa shape index (κ3) is 3.93. The van der Waals surface area contributed by atoms with E-state index in [4.69, 9.17) is 16.3 Å². The molecule has 1 heterocycles. The topological polar surface area (TPSA) is 34.2 Å². The quantitative estimate of drug-likeness (QED) is 0.882. The molecule has 21 heavy (non-hydrogen) atoms. The van der Waals surface area contributed by atoms with Crippen LogP contribution >= 0.6 is 11.6 Å². The summed E-state index contributed by atoms with van der Waals surface area (Å²) < 4.78 is 18.8. The summed E-state index contributed by atoms with van der Waals surface area (Å²) in [6.07, 6.45) is 3.99. The molecule has 0 amide bonds. The molecule has 0 aliphatic heterocycles. The van der Waals surface area contributed by atoms with Gasteiger partial charge in [-0.15, -0.1) is 0 Å². The molecule has 0 radical (unpaired) electrons. The predicted octanol–water partition coefficient (Wildman–Crippen LogP) is 3.78. The molecular formula is C16H18ClFN2O. The number of rotatable bonds is 6. The Bertz CT molecular complexity index is 607. The molecule has 1 atom stereocenters. The second kappa shape index (κ2) is 7.38. The molecule has 0 aliphatic rings. The zero-order valence-corrected chi connectivity index (χ0v) is 12.8. The van der Waals surface area contributed by atoms with Gasteiger partial charge in [-0.05, 0) is 42.3 Å². The third-order valence-corrected chi connectivity index (χ3v) is 3.65. The van der Waals surface area contributed by atoms with Crippen LogP contribution in [0.4, 0.5) is 4.39 Å². The molecule has 2 aromatic rings. The Kier molecular flexibility index (Phi) is 5.53. The molecule has 5 heteroatoms. The van der Waals surface area contributed by atoms with Gasteiger partial charge in [-0.3, -0.25) is 4.98 Å². The van der Waals surface area contributed by atoms with Crippen molar-refractivity contribution in [2.75, 3.05) is 13.7 Å². The molecule has 0 saturated carbocycles. The minimum absolute atomic E-state index is 0.0182. The Balaban J connectivity index is 2.26. The van der Waals surface area contributed by atoms with Gasteiger partial charge in [0, 0.05) is 18.4 Å². The number of halogens is 2. The lowest BCUT2D eigenvalue weighted by molar-refractivity contribution is 0.385. The Labute approximate surface area is 129 Å². The van der Waals surface area contributed by atoms with Gasteiger partial charge in [0.2, 0.25) is 0 Å². The van der Waals surface area contributed by atoms with Gasteiger partial charge in [0.25, 0.3) is 0 Å². The van der Waals surface area contributed by atoms with Crippen LogP contribution in [0.15, 0.2) is 36.7 Å². The molecule has 1 N–H and O–H groups in total. The number of likely N-dealkylation sites (N-methyl/N-ethyl adjacent to an activating group) is 1. The molecule has 0 saturated heterocycles. The van der Waals surface area contributed by atoms with Crippen LogP contribution in [0.3, 0.4) is 0 Å². The molecular weight excluding hydrogens is 291 g/mol. The van der Waals surface area contributed by atoms with Gasteiger partial charge < -0.3 is 10.1 Å². The molecule has 112 valence electrons. The van der Waals surface area contributed by atoms with Crippen LogP contribution < -0.4 is 10.1 Å². The van der Waals surface area contributed by atoms with Crippen molar-refractivity contribution in [3.05, 3.63) is 58.6 Å². The number of nitrogens with one attached hydrogen (secondary N) is 1. The fraction of sp³-hybridized carbons (Fsp3) is 0.312. The smallest absolute Gasteiger partial charge is 0.165 e. The van der Waals surface area contributed by atoms with Crippen molar-refractivity contribution in [2.24, 2.45) is 0 Å². The van der Waals surface area contributed by atoms with Crippen LogP contribution in [0.2, 0.25) is 5.02 Å². The van der Waals surface area contributed by atoms with E-state index in [1.165, 1.54) is 13.2 Å². The largest absolute Gasteiger partial charge is 0.494 e. The Morgan fingerprint density at radius 1 is 1.38 bits per heavy atom. The first kappa shape index (κ1) is 15.7. The Morgan fingerprint density at radius 3 is 2.81 bits per heavy atom. The van der Waals surface area contributed by atoms with Crippen LogP contribution in [-0.2, 0) is 6.42 Å². The summed E-state index contributed by atoms with van der Waals surface area (Å²) >= 11 is 6.15. The summed E-state index contributed by atoms with van der Waals surface area (Å²) in [7, 11) is 1.45. The van der Waals surface area contributed by atoms with E-state index in [1.807, 2.05) is 19.1 Å². The van der Waals surface area contributed by atoms with Gasteiger partial charge in [0.15, 0.2) is 11.6 Å². The first-order chi connectivity index (χ1) is 10.2. The Hall–Kier alpha value is -1.65. The molecule has 0 fully saturated rings. The fourth-order valence-corrected chi connectivity index (χ4v) is 2.44. The minimum atomic E-state index is -0.362. The number of methoxy groups -OCH3 is 1. The van der Waals surface area contributed by atoms with Gasteiger partial charge in [-0.2, -0.15) is 0 Å². The monoisotopic (exact) mass is 308 g/mol. The summed E-state index contributed by atoms with van der Waals surface area (Å²) in [5.74, 6) is -0.116. The van der Waals surface area contributed by atoms with Crippen molar-refractivity contribution in [1.29, 1.82) is 0 Å². The molecule has 1 aromatic carbocycles. The summed E-state index contributed by atoms with van der Waals surface area (Å²) in [5.41, 5.74) is 1.84. The number of benzene rings is 1. The maximum atomic E-state index is 13.9. The minimum Gasteiger partial charge on any atom is -0.494 e. The SMILES string of the molecule is CCNC(Cc1ccncc1Cl)c1ccc(OC)c(F)c1. The van der Waals surface area contributed by atoms with Gasteiger partial charge in [0.1, 0.15) is 0 Å². The Morgan fingerprint density at radius 2 is 2.19 bits per heavy atom. The van der Waals surface area contributed by atoms with E-state index in [0.29, 0.717) is 11.4 Å². The number of nitrogens with zero attached hydrogens (tertiary/aromatic N) is 1. The van der Waals surface area contributed by atoms with Crippen molar-refractivity contribution < 1.29 is 9.13 Å². The first-order valence-corrected chi connectivity index (χ1v) is 7.18. The number of aromatic nitrogens is 1. The highest BCUT2D eigenvalue weighted by Crippen LogP contribution is 2.26. The van der Waals surface area contributed by atoms with Gasteiger partial charge >= 0.3 is 0 Å². The van der Waals surface area contributed by atoms with Crippen LogP contribution in [0.1, 0.15) is 24.1 Å². The molecule has 1 unspecified atom stereocenters. The average molecular weight is 309 g/mol. The van der Waals surface area contributed by atoms with E-state index in [2.05, 4.69) is 10.3 Å². The van der Waals surface area contributed by atoms with Crippen molar-refractivity contribution in [2.45, 2.75) is 19.4 Å². The molecule has 0 aliphatic carbocycles. The summed E-state index contributed by atoms with van der Waals surface area (Å²) in [6.45, 7) is 2.79. The normalized spacial score (nSPS) is 12.2. The standard InChI is InChI=1S/C16H18ClFN2O/c1-3-20-15(9-11-6-7-19-10-13(11)17)12-4-5-16(21-2)14(18)8-12/h4-8,10,15,20H,3,9H2,1-2H3. The highest BCUT2D eigenvalue weighted by atomic mass is 35.5. The van der Waals surface area contributed by atoms with Crippen LogP contribution in [0.25, 0.3) is 0 Å². The number of ether oxygens (including phenoxy) is 1. The number of pyridine rings is 1. The van der Waals surface area contributed by atoms with E-state index in [1.54, 1.807) is 18.5 Å². The predicted molar refractivity (Wildman–Crippen MR) is 82.3 cm³/mol.